The molecule has 1 atom stereocenters. The maximum Gasteiger partial charge on any atom is 0.223 e. The second kappa shape index (κ2) is 8.81. The fourth-order valence-corrected chi connectivity index (χ4v) is 3.27. The van der Waals surface area contributed by atoms with Crippen LogP contribution in [0.1, 0.15) is 64.2 Å². The molecule has 4 heteroatoms. The SMILES string of the molecule is CCc1ccc(C(O)CNC2CCN(C(=O)CC(C)(C)C)CC2)cc1. The number of carbonyl (C=O) groups excluding carboxylic acids is 1. The van der Waals surface area contributed by atoms with E-state index < -0.39 is 6.10 Å². The van der Waals surface area contributed by atoms with Crippen molar-refractivity contribution < 1.29 is 9.90 Å². The molecule has 140 valence electrons. The molecule has 0 saturated carbocycles. The number of aliphatic hydroxyl groups excluding tert-OH is 1. The smallest absolute Gasteiger partial charge is 0.223 e. The first-order valence-electron chi connectivity index (χ1n) is 9.56. The van der Waals surface area contributed by atoms with E-state index in [1.807, 2.05) is 17.0 Å². The summed E-state index contributed by atoms with van der Waals surface area (Å²) in [7, 11) is 0. The van der Waals surface area contributed by atoms with Crippen molar-refractivity contribution >= 4 is 5.91 Å². The number of amides is 1. The average molecular weight is 347 g/mol. The quantitative estimate of drug-likeness (QED) is 0.831. The van der Waals surface area contributed by atoms with E-state index in [9.17, 15) is 9.90 Å². The number of benzene rings is 1. The number of carbonyl (C=O) groups is 1. The number of rotatable bonds is 6. The lowest BCUT2D eigenvalue weighted by Gasteiger charge is -2.34. The highest BCUT2D eigenvalue weighted by Gasteiger charge is 2.26. The van der Waals surface area contributed by atoms with Crippen LogP contribution in [0, 0.1) is 5.41 Å². The first kappa shape index (κ1) is 19.9. The molecule has 25 heavy (non-hydrogen) atoms. The van der Waals surface area contributed by atoms with Gasteiger partial charge in [-0.05, 0) is 35.8 Å². The first-order valence-corrected chi connectivity index (χ1v) is 9.56. The van der Waals surface area contributed by atoms with E-state index in [1.54, 1.807) is 0 Å². The summed E-state index contributed by atoms with van der Waals surface area (Å²) < 4.78 is 0. The van der Waals surface area contributed by atoms with Gasteiger partial charge in [-0.2, -0.15) is 0 Å². The van der Waals surface area contributed by atoms with Crippen LogP contribution in [0.2, 0.25) is 0 Å². The lowest BCUT2D eigenvalue weighted by Crippen LogP contribution is -2.46. The summed E-state index contributed by atoms with van der Waals surface area (Å²) in [6.07, 6.45) is 3.06. The molecule has 1 fully saturated rings. The molecule has 0 radical (unpaired) electrons. The Morgan fingerprint density at radius 2 is 1.84 bits per heavy atom. The zero-order valence-electron chi connectivity index (χ0n) is 16.2. The van der Waals surface area contributed by atoms with E-state index in [0.717, 1.165) is 37.9 Å². The molecule has 0 spiro atoms. The maximum atomic E-state index is 12.3. The monoisotopic (exact) mass is 346 g/mol. The zero-order chi connectivity index (χ0) is 18.4. The minimum atomic E-state index is -0.480. The fraction of sp³-hybridized carbons (Fsp3) is 0.667. The topological polar surface area (TPSA) is 52.6 Å². The standard InChI is InChI=1S/C21H34N2O2/c1-5-16-6-8-17(9-7-16)19(24)15-22-18-10-12-23(13-11-18)20(25)14-21(2,3)4/h6-9,18-19,22,24H,5,10-15H2,1-4H3. The zero-order valence-corrected chi connectivity index (χ0v) is 16.2. The highest BCUT2D eigenvalue weighted by Crippen LogP contribution is 2.22. The third-order valence-corrected chi connectivity index (χ3v) is 4.90. The van der Waals surface area contributed by atoms with E-state index in [2.05, 4.69) is 45.1 Å². The van der Waals surface area contributed by atoms with Crippen molar-refractivity contribution in [2.45, 2.75) is 65.5 Å². The highest BCUT2D eigenvalue weighted by molar-refractivity contribution is 5.76. The van der Waals surface area contributed by atoms with Gasteiger partial charge in [0.25, 0.3) is 0 Å². The lowest BCUT2D eigenvalue weighted by atomic mass is 9.91. The lowest BCUT2D eigenvalue weighted by molar-refractivity contribution is -0.134. The Balaban J connectivity index is 1.73. The molecular weight excluding hydrogens is 312 g/mol. The predicted octanol–water partition coefficient (Wildman–Crippen LogP) is 3.30. The van der Waals surface area contributed by atoms with Gasteiger partial charge >= 0.3 is 0 Å². The van der Waals surface area contributed by atoms with Gasteiger partial charge in [-0.1, -0.05) is 52.0 Å². The number of aryl methyl sites for hydroxylation is 1. The Morgan fingerprint density at radius 1 is 1.24 bits per heavy atom. The number of nitrogens with zero attached hydrogens (tertiary/aromatic N) is 1. The van der Waals surface area contributed by atoms with Crippen LogP contribution < -0.4 is 5.32 Å². The van der Waals surface area contributed by atoms with Crippen LogP contribution in [0.5, 0.6) is 0 Å². The Hall–Kier alpha value is -1.39. The Labute approximate surface area is 152 Å². The van der Waals surface area contributed by atoms with Crippen LogP contribution in [-0.4, -0.2) is 41.6 Å². The minimum Gasteiger partial charge on any atom is -0.387 e. The van der Waals surface area contributed by atoms with Crippen molar-refractivity contribution in [3.8, 4) is 0 Å². The van der Waals surface area contributed by atoms with Gasteiger partial charge in [0, 0.05) is 32.1 Å². The molecule has 1 aliphatic rings. The number of hydrogen-bond donors (Lipinski definition) is 2. The van der Waals surface area contributed by atoms with E-state index in [1.165, 1.54) is 5.56 Å². The Kier molecular flexibility index (Phi) is 7.03. The molecule has 0 bridgehead atoms. The van der Waals surface area contributed by atoms with Crippen LogP contribution in [0.25, 0.3) is 0 Å². The Morgan fingerprint density at radius 3 is 2.36 bits per heavy atom. The molecule has 0 aromatic heterocycles. The van der Waals surface area contributed by atoms with Gasteiger partial charge in [-0.25, -0.2) is 0 Å². The summed E-state index contributed by atoms with van der Waals surface area (Å²) in [4.78, 5) is 14.3. The van der Waals surface area contributed by atoms with Crippen LogP contribution >= 0.6 is 0 Å². The molecule has 1 unspecified atom stereocenters. The summed E-state index contributed by atoms with van der Waals surface area (Å²) in [6.45, 7) is 10.6. The third kappa shape index (κ3) is 6.44. The van der Waals surface area contributed by atoms with Crippen molar-refractivity contribution in [1.82, 2.24) is 10.2 Å². The van der Waals surface area contributed by atoms with E-state index in [-0.39, 0.29) is 11.3 Å². The second-order valence-electron chi connectivity index (χ2n) is 8.41. The van der Waals surface area contributed by atoms with Crippen molar-refractivity contribution in [2.75, 3.05) is 19.6 Å². The Bertz CT molecular complexity index is 540. The van der Waals surface area contributed by atoms with Crippen molar-refractivity contribution in [2.24, 2.45) is 5.41 Å². The van der Waals surface area contributed by atoms with E-state index in [4.69, 9.17) is 0 Å². The third-order valence-electron chi connectivity index (χ3n) is 4.90. The molecule has 1 saturated heterocycles. The van der Waals surface area contributed by atoms with Gasteiger partial charge in [0.2, 0.25) is 5.91 Å². The number of likely N-dealkylation sites (tertiary alicyclic amines) is 1. The summed E-state index contributed by atoms with van der Waals surface area (Å²) in [5.74, 6) is 0.266. The number of nitrogens with one attached hydrogen (secondary N) is 1. The second-order valence-corrected chi connectivity index (χ2v) is 8.41. The van der Waals surface area contributed by atoms with Crippen LogP contribution in [-0.2, 0) is 11.2 Å². The van der Waals surface area contributed by atoms with Crippen molar-refractivity contribution in [3.05, 3.63) is 35.4 Å². The number of aliphatic hydroxyl groups is 1. The molecule has 1 aliphatic heterocycles. The fourth-order valence-electron chi connectivity index (χ4n) is 3.27. The number of hydrogen-bond acceptors (Lipinski definition) is 3. The van der Waals surface area contributed by atoms with Gasteiger partial charge in [-0.15, -0.1) is 0 Å². The summed E-state index contributed by atoms with van der Waals surface area (Å²) in [5.41, 5.74) is 2.29. The number of piperidine rings is 1. The molecule has 1 aromatic rings. The van der Waals surface area contributed by atoms with E-state index >= 15 is 0 Å². The molecule has 1 amide bonds. The van der Waals surface area contributed by atoms with Crippen LogP contribution in [0.4, 0.5) is 0 Å². The molecule has 1 heterocycles. The van der Waals surface area contributed by atoms with Gasteiger partial charge < -0.3 is 15.3 Å². The largest absolute Gasteiger partial charge is 0.387 e. The minimum absolute atomic E-state index is 0.0453. The molecular formula is C21H34N2O2. The molecule has 0 aliphatic carbocycles. The summed E-state index contributed by atoms with van der Waals surface area (Å²) >= 11 is 0. The van der Waals surface area contributed by atoms with Gasteiger partial charge in [0.05, 0.1) is 6.10 Å². The average Bonchev–Trinajstić information content (AvgIpc) is 2.58. The normalized spacial score (nSPS) is 17.6. The van der Waals surface area contributed by atoms with E-state index in [0.29, 0.717) is 19.0 Å². The molecule has 2 rings (SSSR count). The predicted molar refractivity (Wildman–Crippen MR) is 102 cm³/mol. The van der Waals surface area contributed by atoms with Gasteiger partial charge in [-0.3, -0.25) is 4.79 Å². The summed E-state index contributed by atoms with van der Waals surface area (Å²) in [6, 6.07) is 8.57. The van der Waals surface area contributed by atoms with Gasteiger partial charge in [0.1, 0.15) is 0 Å². The first-order chi connectivity index (χ1) is 11.8. The van der Waals surface area contributed by atoms with Crippen molar-refractivity contribution in [3.63, 3.8) is 0 Å². The maximum absolute atomic E-state index is 12.3. The van der Waals surface area contributed by atoms with Crippen LogP contribution in [0.15, 0.2) is 24.3 Å². The van der Waals surface area contributed by atoms with Crippen LogP contribution in [0.3, 0.4) is 0 Å². The van der Waals surface area contributed by atoms with Gasteiger partial charge in [0.15, 0.2) is 0 Å². The molecule has 1 aromatic carbocycles. The highest BCUT2D eigenvalue weighted by atomic mass is 16.3. The van der Waals surface area contributed by atoms with Crippen molar-refractivity contribution in [1.29, 1.82) is 0 Å². The summed E-state index contributed by atoms with van der Waals surface area (Å²) in [5, 5.41) is 13.8. The molecule has 2 N–H and O–H groups in total. The molecule has 4 nitrogen and oxygen atoms in total.